The Kier molecular flexibility index (Phi) is 4.75. The molecule has 132 valence electrons. The zero-order valence-electron chi connectivity index (χ0n) is 14.3. The van der Waals surface area contributed by atoms with Crippen LogP contribution in [0, 0.1) is 0 Å². The Bertz CT molecular complexity index is 991. The lowest BCUT2D eigenvalue weighted by Crippen LogP contribution is -2.21. The number of pyridine rings is 1. The van der Waals surface area contributed by atoms with E-state index in [-0.39, 0.29) is 5.56 Å². The first-order valence-corrected chi connectivity index (χ1v) is 7.84. The van der Waals surface area contributed by atoms with Crippen LogP contribution in [-0.4, -0.2) is 29.9 Å². The molecule has 0 aliphatic carbocycles. The predicted octanol–water partition coefficient (Wildman–Crippen LogP) is 3.01. The van der Waals surface area contributed by atoms with Crippen molar-refractivity contribution in [3.8, 4) is 28.4 Å². The van der Waals surface area contributed by atoms with Crippen molar-refractivity contribution in [3.05, 3.63) is 76.6 Å². The average molecular weight is 351 g/mol. The van der Waals surface area contributed by atoms with Crippen LogP contribution in [0.15, 0.2) is 65.5 Å². The number of hydrogen-bond acceptors (Lipinski definition) is 5. The molecule has 2 aromatic carbocycles. The molecular weight excluding hydrogens is 334 g/mol. The maximum Gasteiger partial charge on any atom is 0.343 e. The lowest BCUT2D eigenvalue weighted by Gasteiger charge is -2.15. The van der Waals surface area contributed by atoms with E-state index in [4.69, 9.17) is 9.47 Å². The van der Waals surface area contributed by atoms with E-state index in [0.717, 1.165) is 4.57 Å². The van der Waals surface area contributed by atoms with Crippen LogP contribution in [-0.2, 0) is 4.74 Å². The molecule has 3 aromatic rings. The minimum atomic E-state index is -0.733. The topological polar surface area (TPSA) is 77.8 Å². The molecular formula is C20H17NO5. The van der Waals surface area contributed by atoms with Gasteiger partial charge >= 0.3 is 5.97 Å². The van der Waals surface area contributed by atoms with Crippen LogP contribution in [0.4, 0.5) is 0 Å². The molecule has 1 aromatic heterocycles. The minimum absolute atomic E-state index is 0.0749. The summed E-state index contributed by atoms with van der Waals surface area (Å²) in [6.07, 6.45) is 0. The van der Waals surface area contributed by atoms with E-state index in [1.807, 2.05) is 6.07 Å². The molecule has 0 amide bonds. The van der Waals surface area contributed by atoms with Crippen molar-refractivity contribution in [2.75, 3.05) is 14.2 Å². The number of nitrogens with zero attached hydrogens (tertiary/aromatic N) is 1. The summed E-state index contributed by atoms with van der Waals surface area (Å²) in [5.41, 5.74) is 0.790. The number of carbonyl (C=O) groups is 1. The summed E-state index contributed by atoms with van der Waals surface area (Å²) >= 11 is 0. The average Bonchev–Trinajstić information content (AvgIpc) is 2.68. The van der Waals surface area contributed by atoms with Gasteiger partial charge in [-0.3, -0.25) is 4.79 Å². The number of ether oxygens (including phenoxy) is 2. The lowest BCUT2D eigenvalue weighted by molar-refractivity contribution is 0.0597. The van der Waals surface area contributed by atoms with Gasteiger partial charge in [0.25, 0.3) is 5.56 Å². The van der Waals surface area contributed by atoms with E-state index in [1.54, 1.807) is 48.5 Å². The van der Waals surface area contributed by atoms with Crippen molar-refractivity contribution >= 4 is 5.97 Å². The van der Waals surface area contributed by atoms with Crippen LogP contribution < -0.4 is 10.3 Å². The third kappa shape index (κ3) is 3.04. The van der Waals surface area contributed by atoms with Crippen molar-refractivity contribution in [1.82, 2.24) is 4.57 Å². The van der Waals surface area contributed by atoms with Gasteiger partial charge in [0.2, 0.25) is 5.88 Å². The van der Waals surface area contributed by atoms with Crippen LogP contribution in [0.1, 0.15) is 10.4 Å². The molecule has 0 saturated heterocycles. The number of methoxy groups -OCH3 is 2. The van der Waals surface area contributed by atoms with Crippen molar-refractivity contribution in [2.24, 2.45) is 0 Å². The normalized spacial score (nSPS) is 10.4. The first-order valence-electron chi connectivity index (χ1n) is 7.84. The quantitative estimate of drug-likeness (QED) is 0.731. The maximum atomic E-state index is 12.7. The molecule has 0 saturated carbocycles. The van der Waals surface area contributed by atoms with Crippen molar-refractivity contribution in [3.63, 3.8) is 0 Å². The summed E-state index contributed by atoms with van der Waals surface area (Å²) in [5.74, 6) is -0.604. The van der Waals surface area contributed by atoms with Gasteiger partial charge in [0.15, 0.2) is 0 Å². The standard InChI is InChI=1S/C20H17NO5/c1-25-15-10-8-14(9-11-15)21-17(22)12-16(13-6-4-3-5-7-13)18(19(21)23)20(24)26-2/h3-12,23H,1-2H3. The number of hydrogen-bond donors (Lipinski definition) is 1. The highest BCUT2D eigenvalue weighted by Gasteiger charge is 2.23. The van der Waals surface area contributed by atoms with E-state index in [0.29, 0.717) is 22.6 Å². The summed E-state index contributed by atoms with van der Waals surface area (Å²) < 4.78 is 11.0. The number of benzene rings is 2. The summed E-state index contributed by atoms with van der Waals surface area (Å²) in [7, 11) is 2.75. The van der Waals surface area contributed by atoms with Crippen LogP contribution in [0.5, 0.6) is 11.6 Å². The number of aromatic nitrogens is 1. The molecule has 3 rings (SSSR count). The Morgan fingerprint density at radius 1 is 1.00 bits per heavy atom. The molecule has 0 aliphatic rings. The summed E-state index contributed by atoms with van der Waals surface area (Å²) in [5, 5.41) is 10.7. The number of carbonyl (C=O) groups excluding carboxylic acids is 1. The number of esters is 1. The zero-order valence-corrected chi connectivity index (χ0v) is 14.3. The molecule has 0 unspecified atom stereocenters. The first-order chi connectivity index (χ1) is 12.6. The van der Waals surface area contributed by atoms with E-state index < -0.39 is 17.4 Å². The highest BCUT2D eigenvalue weighted by atomic mass is 16.5. The van der Waals surface area contributed by atoms with Gasteiger partial charge in [0.1, 0.15) is 11.3 Å². The molecule has 0 aliphatic heterocycles. The Hall–Kier alpha value is -3.54. The third-order valence-corrected chi connectivity index (χ3v) is 4.00. The summed E-state index contributed by atoms with van der Waals surface area (Å²) in [6, 6.07) is 16.7. The predicted molar refractivity (Wildman–Crippen MR) is 97.0 cm³/mol. The SMILES string of the molecule is COC(=O)c1c(-c2ccccc2)cc(=O)n(-c2ccc(OC)cc2)c1O. The summed E-state index contributed by atoms with van der Waals surface area (Å²) in [4.78, 5) is 25.0. The third-order valence-electron chi connectivity index (χ3n) is 4.00. The molecule has 1 heterocycles. The van der Waals surface area contributed by atoms with Crippen LogP contribution in [0.3, 0.4) is 0 Å². The van der Waals surface area contributed by atoms with Gasteiger partial charge in [0.05, 0.1) is 19.9 Å². The Labute approximate surface area is 149 Å². The van der Waals surface area contributed by atoms with Crippen molar-refractivity contribution < 1.29 is 19.4 Å². The van der Waals surface area contributed by atoms with Gasteiger partial charge in [-0.15, -0.1) is 0 Å². The second-order valence-electron chi connectivity index (χ2n) is 5.49. The fraction of sp³-hybridized carbons (Fsp3) is 0.100. The van der Waals surface area contributed by atoms with E-state index in [9.17, 15) is 14.7 Å². The zero-order chi connectivity index (χ0) is 18.7. The Morgan fingerprint density at radius 2 is 1.65 bits per heavy atom. The fourth-order valence-corrected chi connectivity index (χ4v) is 2.73. The van der Waals surface area contributed by atoms with Crippen LogP contribution in [0.25, 0.3) is 16.8 Å². The monoisotopic (exact) mass is 351 g/mol. The molecule has 6 nitrogen and oxygen atoms in total. The second kappa shape index (κ2) is 7.14. The van der Waals surface area contributed by atoms with Crippen molar-refractivity contribution in [1.29, 1.82) is 0 Å². The molecule has 1 N–H and O–H groups in total. The van der Waals surface area contributed by atoms with E-state index >= 15 is 0 Å². The molecule has 0 atom stereocenters. The van der Waals surface area contributed by atoms with Gasteiger partial charge in [-0.2, -0.15) is 0 Å². The largest absolute Gasteiger partial charge is 0.497 e. The van der Waals surface area contributed by atoms with E-state index in [2.05, 4.69) is 0 Å². The van der Waals surface area contributed by atoms with Crippen LogP contribution >= 0.6 is 0 Å². The fourth-order valence-electron chi connectivity index (χ4n) is 2.73. The highest BCUT2D eigenvalue weighted by Crippen LogP contribution is 2.31. The lowest BCUT2D eigenvalue weighted by atomic mass is 10.0. The molecule has 0 fully saturated rings. The molecule has 0 bridgehead atoms. The van der Waals surface area contributed by atoms with Gasteiger partial charge in [-0.25, -0.2) is 9.36 Å². The molecule has 6 heteroatoms. The summed E-state index contributed by atoms with van der Waals surface area (Å²) in [6.45, 7) is 0. The Morgan fingerprint density at radius 3 is 2.23 bits per heavy atom. The smallest absolute Gasteiger partial charge is 0.343 e. The van der Waals surface area contributed by atoms with Gasteiger partial charge < -0.3 is 14.6 Å². The number of aromatic hydroxyl groups is 1. The number of rotatable bonds is 4. The maximum absolute atomic E-state index is 12.7. The van der Waals surface area contributed by atoms with Gasteiger partial charge in [-0.1, -0.05) is 30.3 Å². The minimum Gasteiger partial charge on any atom is -0.497 e. The molecule has 0 radical (unpaired) electrons. The molecule has 26 heavy (non-hydrogen) atoms. The second-order valence-corrected chi connectivity index (χ2v) is 5.49. The van der Waals surface area contributed by atoms with Gasteiger partial charge in [-0.05, 0) is 29.8 Å². The highest BCUT2D eigenvalue weighted by molar-refractivity contribution is 5.99. The van der Waals surface area contributed by atoms with Crippen LogP contribution in [0.2, 0.25) is 0 Å². The van der Waals surface area contributed by atoms with Gasteiger partial charge in [0, 0.05) is 11.6 Å². The van der Waals surface area contributed by atoms with Crippen molar-refractivity contribution in [2.45, 2.75) is 0 Å². The first kappa shape index (κ1) is 17.3. The van der Waals surface area contributed by atoms with E-state index in [1.165, 1.54) is 20.3 Å². The Balaban J connectivity index is 2.28. The molecule has 0 spiro atoms.